The van der Waals surface area contributed by atoms with Gasteiger partial charge in [0, 0.05) is 32.1 Å². The number of carbonyl (C=O) groups is 1. The average Bonchev–Trinajstić information content (AvgIpc) is 2.93. The second-order valence-corrected chi connectivity index (χ2v) is 13.4. The molecule has 40 heavy (non-hydrogen) atoms. The van der Waals surface area contributed by atoms with Crippen molar-refractivity contribution in [1.29, 1.82) is 0 Å². The Morgan fingerprint density at radius 2 is 1.77 bits per heavy atom. The molecule has 5 rings (SSSR count). The summed E-state index contributed by atoms with van der Waals surface area (Å²) >= 11 is 0. The number of carbonyl (C=O) groups excluding carboxylic acids is 1. The third-order valence-corrected chi connectivity index (χ3v) is 9.29. The lowest BCUT2D eigenvalue weighted by atomic mass is 9.82. The highest BCUT2D eigenvalue weighted by molar-refractivity contribution is 7.89. The van der Waals surface area contributed by atoms with Gasteiger partial charge in [-0.1, -0.05) is 43.0 Å². The van der Waals surface area contributed by atoms with Crippen LogP contribution in [0.5, 0.6) is 5.75 Å². The number of likely N-dealkylation sites (tertiary alicyclic amines) is 1. The Balaban J connectivity index is 1.20. The molecular formula is C32H36N2O5S. The monoisotopic (exact) mass is 560 g/mol. The fourth-order valence-corrected chi connectivity index (χ4v) is 6.71. The Morgan fingerprint density at radius 1 is 1.05 bits per heavy atom. The number of sulfone groups is 1. The van der Waals surface area contributed by atoms with Gasteiger partial charge in [-0.2, -0.15) is 0 Å². The van der Waals surface area contributed by atoms with Crippen molar-refractivity contribution in [1.82, 2.24) is 9.88 Å². The highest BCUT2D eigenvalue weighted by Gasteiger charge is 2.41. The van der Waals surface area contributed by atoms with Crippen molar-refractivity contribution in [3.8, 4) is 16.9 Å². The minimum Gasteiger partial charge on any atom is -0.487 e. The predicted molar refractivity (Wildman–Crippen MR) is 156 cm³/mol. The predicted octanol–water partition coefficient (Wildman–Crippen LogP) is 6.12. The molecule has 3 aromatic rings. The first-order chi connectivity index (χ1) is 19.1. The van der Waals surface area contributed by atoms with E-state index in [0.29, 0.717) is 18.8 Å². The molecule has 3 heterocycles. The molecule has 0 aliphatic carbocycles. The molecule has 1 aromatic heterocycles. The summed E-state index contributed by atoms with van der Waals surface area (Å²) in [6, 6.07) is 19.3. The Labute approximate surface area is 236 Å². The number of piperidine rings is 1. The zero-order valence-corrected chi connectivity index (χ0v) is 24.0. The second kappa shape index (κ2) is 11.1. The molecule has 2 aliphatic rings. The zero-order valence-electron chi connectivity index (χ0n) is 23.1. The van der Waals surface area contributed by atoms with Crippen LogP contribution in [0, 0.1) is 0 Å². The number of rotatable bonds is 7. The van der Waals surface area contributed by atoms with Gasteiger partial charge in [0.25, 0.3) is 0 Å². The molecule has 1 amide bonds. The van der Waals surface area contributed by atoms with Gasteiger partial charge in [0.05, 0.1) is 17.2 Å². The van der Waals surface area contributed by atoms with Gasteiger partial charge < -0.3 is 14.4 Å². The number of aromatic nitrogens is 1. The number of benzene rings is 2. The van der Waals surface area contributed by atoms with E-state index in [1.807, 2.05) is 44.2 Å². The van der Waals surface area contributed by atoms with Crippen LogP contribution in [-0.2, 0) is 32.5 Å². The van der Waals surface area contributed by atoms with Crippen LogP contribution < -0.4 is 4.74 Å². The van der Waals surface area contributed by atoms with Gasteiger partial charge in [0.2, 0.25) is 0 Å². The zero-order chi connectivity index (χ0) is 28.4. The molecular weight excluding hydrogens is 524 g/mol. The van der Waals surface area contributed by atoms with Gasteiger partial charge >= 0.3 is 6.09 Å². The first-order valence-corrected chi connectivity index (χ1v) is 15.5. The molecule has 8 heteroatoms. The maximum absolute atomic E-state index is 12.6. The summed E-state index contributed by atoms with van der Waals surface area (Å²) < 4.78 is 37.4. The summed E-state index contributed by atoms with van der Waals surface area (Å²) in [7, 11) is -3.32. The lowest BCUT2D eigenvalue weighted by Crippen LogP contribution is -2.52. The van der Waals surface area contributed by atoms with Crippen LogP contribution in [0.3, 0.4) is 0 Å². The highest BCUT2D eigenvalue weighted by Crippen LogP contribution is 2.41. The molecule has 1 saturated heterocycles. The molecule has 7 nitrogen and oxygen atoms in total. The van der Waals surface area contributed by atoms with Gasteiger partial charge in [0.1, 0.15) is 17.0 Å². The standard InChI is InChI=1S/C32H36N2O5S/c1-4-31(2,3)39-30(35)34-19-16-32(17-20-34)15-14-27-21-26(12-13-29(27)38-32)25-10-8-24(9-11-25)22-40(36,37)23-28-7-5-6-18-33-28/h4-13,18,21H,1,14-17,19-20,22-23H2,2-3H3. The van der Waals surface area contributed by atoms with Gasteiger partial charge in [-0.05, 0) is 79.3 Å². The Hall–Kier alpha value is -3.65. The Bertz CT molecular complexity index is 1480. The van der Waals surface area contributed by atoms with Crippen molar-refractivity contribution in [2.75, 3.05) is 13.1 Å². The number of aryl methyl sites for hydroxylation is 1. The van der Waals surface area contributed by atoms with E-state index >= 15 is 0 Å². The number of hydrogen-bond donors (Lipinski definition) is 0. The summed E-state index contributed by atoms with van der Waals surface area (Å²) in [6.45, 7) is 8.58. The first kappa shape index (κ1) is 27.9. The van der Waals surface area contributed by atoms with Gasteiger partial charge in [-0.3, -0.25) is 4.98 Å². The number of hydrogen-bond acceptors (Lipinski definition) is 6. The van der Waals surface area contributed by atoms with Crippen LogP contribution in [0.15, 0.2) is 79.5 Å². The molecule has 0 saturated carbocycles. The van der Waals surface area contributed by atoms with E-state index in [0.717, 1.165) is 48.1 Å². The molecule has 2 aliphatic heterocycles. The number of ether oxygens (including phenoxy) is 2. The minimum atomic E-state index is -3.32. The number of amides is 1. The normalized spacial score (nSPS) is 16.6. The van der Waals surface area contributed by atoms with Crippen LogP contribution >= 0.6 is 0 Å². The van der Waals surface area contributed by atoms with E-state index < -0.39 is 15.4 Å². The summed E-state index contributed by atoms with van der Waals surface area (Å²) in [5.41, 5.74) is 3.62. The summed E-state index contributed by atoms with van der Waals surface area (Å²) in [6.07, 6.45) is 6.27. The molecule has 0 bridgehead atoms. The Kier molecular flexibility index (Phi) is 7.73. The third kappa shape index (κ3) is 6.55. The topological polar surface area (TPSA) is 85.8 Å². The van der Waals surface area contributed by atoms with Crippen molar-refractivity contribution in [3.63, 3.8) is 0 Å². The van der Waals surface area contributed by atoms with Crippen LogP contribution in [-0.4, -0.2) is 48.7 Å². The van der Waals surface area contributed by atoms with Crippen molar-refractivity contribution in [2.24, 2.45) is 0 Å². The van der Waals surface area contributed by atoms with Crippen LogP contribution in [0.25, 0.3) is 11.1 Å². The average molecular weight is 561 g/mol. The van der Waals surface area contributed by atoms with E-state index in [2.05, 4.69) is 23.7 Å². The quantitative estimate of drug-likeness (QED) is 0.324. The van der Waals surface area contributed by atoms with Gasteiger partial charge in [0.15, 0.2) is 9.84 Å². The summed E-state index contributed by atoms with van der Waals surface area (Å²) in [4.78, 5) is 18.5. The number of pyridine rings is 1. The van der Waals surface area contributed by atoms with E-state index in [1.54, 1.807) is 35.4 Å². The van der Waals surface area contributed by atoms with Crippen molar-refractivity contribution in [2.45, 2.75) is 62.2 Å². The lowest BCUT2D eigenvalue weighted by Gasteiger charge is -2.44. The maximum Gasteiger partial charge on any atom is 0.410 e. The lowest BCUT2D eigenvalue weighted by molar-refractivity contribution is -0.0233. The SMILES string of the molecule is C=CC(C)(C)OC(=O)N1CCC2(CCc3cc(-c4ccc(CS(=O)(=O)Cc5ccccn5)cc4)ccc3O2)CC1. The molecule has 0 N–H and O–H groups in total. The number of nitrogens with zero attached hydrogens (tertiary/aromatic N) is 2. The van der Waals surface area contributed by atoms with Crippen molar-refractivity contribution >= 4 is 15.9 Å². The molecule has 210 valence electrons. The van der Waals surface area contributed by atoms with Crippen LogP contribution in [0.1, 0.15) is 49.9 Å². The first-order valence-electron chi connectivity index (χ1n) is 13.7. The molecule has 1 spiro atoms. The second-order valence-electron chi connectivity index (χ2n) is 11.3. The molecule has 0 radical (unpaired) electrons. The molecule has 1 fully saturated rings. The van der Waals surface area contributed by atoms with Gasteiger partial charge in [-0.15, -0.1) is 0 Å². The molecule has 0 atom stereocenters. The van der Waals surface area contributed by atoms with E-state index in [1.165, 1.54) is 5.56 Å². The van der Waals surface area contributed by atoms with Crippen molar-refractivity contribution in [3.05, 3.63) is 96.3 Å². The fourth-order valence-electron chi connectivity index (χ4n) is 5.29. The molecule has 0 unspecified atom stereocenters. The summed E-state index contributed by atoms with van der Waals surface area (Å²) in [5.74, 6) is 0.805. The largest absolute Gasteiger partial charge is 0.487 e. The van der Waals surface area contributed by atoms with Crippen molar-refractivity contribution < 1.29 is 22.7 Å². The number of fused-ring (bicyclic) bond motifs is 1. The fraction of sp³-hybridized carbons (Fsp3) is 0.375. The smallest absolute Gasteiger partial charge is 0.410 e. The summed E-state index contributed by atoms with van der Waals surface area (Å²) in [5, 5.41) is 0. The van der Waals surface area contributed by atoms with E-state index in [9.17, 15) is 13.2 Å². The highest BCUT2D eigenvalue weighted by atomic mass is 32.2. The van der Waals surface area contributed by atoms with E-state index in [4.69, 9.17) is 9.47 Å². The third-order valence-electron chi connectivity index (χ3n) is 7.78. The minimum absolute atomic E-state index is 0.0227. The Morgan fingerprint density at radius 3 is 2.45 bits per heavy atom. The maximum atomic E-state index is 12.6. The molecule has 2 aromatic carbocycles. The van der Waals surface area contributed by atoms with Crippen LogP contribution in [0.2, 0.25) is 0 Å². The van der Waals surface area contributed by atoms with Crippen LogP contribution in [0.4, 0.5) is 4.79 Å². The van der Waals surface area contributed by atoms with Gasteiger partial charge in [-0.25, -0.2) is 13.2 Å². The van der Waals surface area contributed by atoms with E-state index in [-0.39, 0.29) is 23.2 Å².